The highest BCUT2D eigenvalue weighted by molar-refractivity contribution is 4.96. The van der Waals surface area contributed by atoms with Crippen molar-refractivity contribution < 1.29 is 5.11 Å². The van der Waals surface area contributed by atoms with Gasteiger partial charge in [0.2, 0.25) is 0 Å². The Morgan fingerprint density at radius 3 is 2.93 bits per heavy atom. The molecule has 0 bridgehead atoms. The zero-order chi connectivity index (χ0) is 10.4. The largest absolute Gasteiger partial charge is 0.395 e. The molecule has 1 aromatic heterocycles. The normalized spacial score (nSPS) is 13.1. The van der Waals surface area contributed by atoms with E-state index in [0.717, 1.165) is 25.2 Å². The lowest BCUT2D eigenvalue weighted by atomic mass is 10.3. The third-order valence-corrected chi connectivity index (χ3v) is 2.23. The summed E-state index contributed by atoms with van der Waals surface area (Å²) in [6, 6.07) is 2.07. The van der Waals surface area contributed by atoms with Gasteiger partial charge in [-0.3, -0.25) is 4.68 Å². The van der Waals surface area contributed by atoms with Gasteiger partial charge in [0.05, 0.1) is 13.2 Å². The van der Waals surface area contributed by atoms with Gasteiger partial charge in [-0.1, -0.05) is 6.92 Å². The minimum atomic E-state index is 0.105. The van der Waals surface area contributed by atoms with Crippen LogP contribution < -0.4 is 5.32 Å². The van der Waals surface area contributed by atoms with Crippen molar-refractivity contribution in [3.05, 3.63) is 18.0 Å². The molecule has 0 saturated heterocycles. The van der Waals surface area contributed by atoms with Crippen molar-refractivity contribution in [2.75, 3.05) is 13.2 Å². The van der Waals surface area contributed by atoms with Crippen LogP contribution in [0.3, 0.4) is 0 Å². The quantitative estimate of drug-likeness (QED) is 0.700. The van der Waals surface area contributed by atoms with Gasteiger partial charge in [0, 0.05) is 17.9 Å². The fourth-order valence-corrected chi connectivity index (χ4v) is 1.33. The number of aromatic nitrogens is 2. The molecule has 0 spiro atoms. The van der Waals surface area contributed by atoms with Crippen molar-refractivity contribution in [1.82, 2.24) is 15.1 Å². The SMILES string of the molecule is CCCNC(CO)Cn1nccc1C. The first-order chi connectivity index (χ1) is 6.77. The van der Waals surface area contributed by atoms with Gasteiger partial charge in [0.1, 0.15) is 0 Å². The molecule has 1 aromatic rings. The summed E-state index contributed by atoms with van der Waals surface area (Å²) in [6.07, 6.45) is 2.86. The van der Waals surface area contributed by atoms with Crippen LogP contribution in [0.2, 0.25) is 0 Å². The van der Waals surface area contributed by atoms with Crippen LogP contribution in [0.5, 0.6) is 0 Å². The number of aryl methyl sites for hydroxylation is 1. The standard InChI is InChI=1S/C10H19N3O/c1-3-5-11-10(8-14)7-13-9(2)4-6-12-13/h4,6,10-11,14H,3,5,7-8H2,1-2H3. The summed E-state index contributed by atoms with van der Waals surface area (Å²) >= 11 is 0. The molecule has 1 unspecified atom stereocenters. The van der Waals surface area contributed by atoms with Gasteiger partial charge in [-0.25, -0.2) is 0 Å². The molecule has 1 atom stereocenters. The Labute approximate surface area is 84.9 Å². The van der Waals surface area contributed by atoms with Crippen molar-refractivity contribution in [3.8, 4) is 0 Å². The van der Waals surface area contributed by atoms with E-state index >= 15 is 0 Å². The first-order valence-corrected chi connectivity index (χ1v) is 5.10. The van der Waals surface area contributed by atoms with Crippen LogP contribution in [-0.2, 0) is 6.54 Å². The van der Waals surface area contributed by atoms with Crippen molar-refractivity contribution in [2.45, 2.75) is 32.9 Å². The van der Waals surface area contributed by atoms with E-state index in [4.69, 9.17) is 5.11 Å². The van der Waals surface area contributed by atoms with E-state index in [1.807, 2.05) is 17.7 Å². The van der Waals surface area contributed by atoms with E-state index in [1.165, 1.54) is 0 Å². The lowest BCUT2D eigenvalue weighted by Crippen LogP contribution is -2.37. The van der Waals surface area contributed by atoms with Crippen LogP contribution in [-0.4, -0.2) is 34.1 Å². The molecule has 0 aliphatic carbocycles. The smallest absolute Gasteiger partial charge is 0.0602 e. The summed E-state index contributed by atoms with van der Waals surface area (Å²) in [4.78, 5) is 0. The predicted molar refractivity (Wildman–Crippen MR) is 56.1 cm³/mol. The van der Waals surface area contributed by atoms with E-state index in [9.17, 15) is 0 Å². The lowest BCUT2D eigenvalue weighted by Gasteiger charge is -2.16. The number of aliphatic hydroxyl groups excluding tert-OH is 1. The molecule has 14 heavy (non-hydrogen) atoms. The molecular weight excluding hydrogens is 178 g/mol. The van der Waals surface area contributed by atoms with Crippen molar-refractivity contribution in [1.29, 1.82) is 0 Å². The van der Waals surface area contributed by atoms with Crippen LogP contribution in [0, 0.1) is 6.92 Å². The fraction of sp³-hybridized carbons (Fsp3) is 0.700. The Morgan fingerprint density at radius 1 is 1.64 bits per heavy atom. The lowest BCUT2D eigenvalue weighted by molar-refractivity contribution is 0.225. The minimum absolute atomic E-state index is 0.105. The summed E-state index contributed by atoms with van der Waals surface area (Å²) in [5.74, 6) is 0. The molecule has 2 N–H and O–H groups in total. The van der Waals surface area contributed by atoms with Crippen LogP contribution in [0.25, 0.3) is 0 Å². The monoisotopic (exact) mass is 197 g/mol. The second-order valence-corrected chi connectivity index (χ2v) is 3.49. The summed E-state index contributed by atoms with van der Waals surface area (Å²) in [6.45, 7) is 5.95. The number of rotatable bonds is 6. The Hall–Kier alpha value is -0.870. The fourth-order valence-electron chi connectivity index (χ4n) is 1.33. The highest BCUT2D eigenvalue weighted by Crippen LogP contribution is 1.98. The van der Waals surface area contributed by atoms with E-state index in [1.54, 1.807) is 6.20 Å². The first kappa shape index (κ1) is 11.2. The number of hydrogen-bond acceptors (Lipinski definition) is 3. The maximum atomic E-state index is 9.14. The third-order valence-electron chi connectivity index (χ3n) is 2.23. The van der Waals surface area contributed by atoms with Gasteiger partial charge in [-0.2, -0.15) is 5.10 Å². The van der Waals surface area contributed by atoms with E-state index in [0.29, 0.717) is 0 Å². The van der Waals surface area contributed by atoms with E-state index in [2.05, 4.69) is 17.3 Å². The van der Waals surface area contributed by atoms with Crippen LogP contribution in [0.4, 0.5) is 0 Å². The highest BCUT2D eigenvalue weighted by Gasteiger charge is 2.08. The summed E-state index contributed by atoms with van der Waals surface area (Å²) < 4.78 is 1.91. The highest BCUT2D eigenvalue weighted by atomic mass is 16.3. The average molecular weight is 197 g/mol. The van der Waals surface area contributed by atoms with Crippen LogP contribution >= 0.6 is 0 Å². The summed E-state index contributed by atoms with van der Waals surface area (Å²) in [5, 5.41) is 16.6. The van der Waals surface area contributed by atoms with Gasteiger partial charge in [-0.15, -0.1) is 0 Å². The van der Waals surface area contributed by atoms with Crippen molar-refractivity contribution >= 4 is 0 Å². The Kier molecular flexibility index (Phi) is 4.62. The van der Waals surface area contributed by atoms with Gasteiger partial charge in [0.15, 0.2) is 0 Å². The first-order valence-electron chi connectivity index (χ1n) is 5.10. The van der Waals surface area contributed by atoms with Crippen LogP contribution in [0.15, 0.2) is 12.3 Å². The third kappa shape index (κ3) is 3.12. The number of hydrogen-bond donors (Lipinski definition) is 2. The summed E-state index contributed by atoms with van der Waals surface area (Å²) in [7, 11) is 0. The van der Waals surface area contributed by atoms with Crippen molar-refractivity contribution in [3.63, 3.8) is 0 Å². The molecule has 0 radical (unpaired) electrons. The molecule has 4 heteroatoms. The molecule has 0 aliphatic rings. The van der Waals surface area contributed by atoms with E-state index in [-0.39, 0.29) is 12.6 Å². The zero-order valence-electron chi connectivity index (χ0n) is 8.90. The van der Waals surface area contributed by atoms with Crippen LogP contribution in [0.1, 0.15) is 19.0 Å². The van der Waals surface area contributed by atoms with Gasteiger partial charge in [0.25, 0.3) is 0 Å². The molecule has 0 aromatic carbocycles. The maximum Gasteiger partial charge on any atom is 0.0602 e. The molecule has 1 rings (SSSR count). The number of nitrogens with zero attached hydrogens (tertiary/aromatic N) is 2. The number of nitrogens with one attached hydrogen (secondary N) is 1. The maximum absolute atomic E-state index is 9.14. The Bertz CT molecular complexity index is 260. The topological polar surface area (TPSA) is 50.1 Å². The van der Waals surface area contributed by atoms with Gasteiger partial charge in [-0.05, 0) is 26.0 Å². The molecule has 0 saturated carbocycles. The second kappa shape index (κ2) is 5.78. The number of aliphatic hydroxyl groups is 1. The molecule has 0 aliphatic heterocycles. The molecule has 4 nitrogen and oxygen atoms in total. The summed E-state index contributed by atoms with van der Waals surface area (Å²) in [5.41, 5.74) is 1.13. The minimum Gasteiger partial charge on any atom is -0.395 e. The van der Waals surface area contributed by atoms with E-state index < -0.39 is 0 Å². The van der Waals surface area contributed by atoms with Crippen molar-refractivity contribution in [2.24, 2.45) is 0 Å². The van der Waals surface area contributed by atoms with Gasteiger partial charge < -0.3 is 10.4 Å². The Morgan fingerprint density at radius 2 is 2.43 bits per heavy atom. The second-order valence-electron chi connectivity index (χ2n) is 3.49. The molecular formula is C10H19N3O. The Balaban J connectivity index is 2.44. The average Bonchev–Trinajstić information content (AvgIpc) is 2.59. The predicted octanol–water partition coefficient (Wildman–Crippen LogP) is 0.552. The molecule has 80 valence electrons. The van der Waals surface area contributed by atoms with Gasteiger partial charge >= 0.3 is 0 Å². The molecule has 0 amide bonds. The molecule has 1 heterocycles. The molecule has 0 fully saturated rings. The zero-order valence-corrected chi connectivity index (χ0v) is 8.90.